The second-order valence-corrected chi connectivity index (χ2v) is 10.2. The second-order valence-electron chi connectivity index (χ2n) is 8.89. The van der Waals surface area contributed by atoms with Gasteiger partial charge in [-0.05, 0) is 79.7 Å². The van der Waals surface area contributed by atoms with Crippen molar-refractivity contribution in [2.24, 2.45) is 5.10 Å². The average Bonchev–Trinajstić information content (AvgIpc) is 2.96. The van der Waals surface area contributed by atoms with E-state index >= 15 is 0 Å². The lowest BCUT2D eigenvalue weighted by Gasteiger charge is -2.30. The zero-order chi connectivity index (χ0) is 29.2. The van der Waals surface area contributed by atoms with Crippen LogP contribution in [-0.2, 0) is 20.9 Å². The fourth-order valence-electron chi connectivity index (χ4n) is 4.01. The number of nitrogens with one attached hydrogen (secondary N) is 3. The zero-order valence-electron chi connectivity index (χ0n) is 22.5. The van der Waals surface area contributed by atoms with Crippen LogP contribution < -0.4 is 25.5 Å². The van der Waals surface area contributed by atoms with Crippen molar-refractivity contribution in [3.63, 3.8) is 0 Å². The first kappa shape index (κ1) is 29.8. The van der Waals surface area contributed by atoms with Gasteiger partial charge < -0.3 is 24.8 Å². The van der Waals surface area contributed by atoms with Crippen LogP contribution in [0.5, 0.6) is 11.5 Å². The van der Waals surface area contributed by atoms with E-state index in [1.165, 1.54) is 6.21 Å². The Hall–Kier alpha value is -4.22. The topological polar surface area (TPSA) is 110 Å². The molecule has 3 N–H and O–H groups in total. The van der Waals surface area contributed by atoms with E-state index in [1.807, 2.05) is 54.6 Å². The molecule has 0 aromatic heterocycles. The molecule has 1 atom stereocenters. The lowest BCUT2D eigenvalue weighted by Crippen LogP contribution is -2.45. The van der Waals surface area contributed by atoms with Crippen LogP contribution in [0.3, 0.4) is 0 Å². The third-order valence-electron chi connectivity index (χ3n) is 5.96. The maximum absolute atomic E-state index is 12.7. The van der Waals surface area contributed by atoms with Crippen LogP contribution in [0.25, 0.3) is 0 Å². The molecule has 0 saturated heterocycles. The minimum atomic E-state index is -0.609. The predicted molar refractivity (Wildman–Crippen MR) is 164 cm³/mol. The SMILES string of the molecule is CCOC(=O)C1=C(C)NC(=S)N[C@H]1c1ccccc1OCC(=O)NN=Cc1ccc(OCc2ccc(Br)cc2)cc1. The first-order chi connectivity index (χ1) is 19.8. The van der Waals surface area contributed by atoms with E-state index in [4.69, 9.17) is 26.4 Å². The number of halogens is 1. The van der Waals surface area contributed by atoms with Crippen LogP contribution in [0.2, 0.25) is 0 Å². The Bertz CT molecular complexity index is 1460. The van der Waals surface area contributed by atoms with Gasteiger partial charge in [0, 0.05) is 15.7 Å². The van der Waals surface area contributed by atoms with Crippen molar-refractivity contribution in [2.45, 2.75) is 26.5 Å². The number of carbonyl (C=O) groups excluding carboxylic acids is 2. The summed E-state index contributed by atoms with van der Waals surface area (Å²) in [5.41, 5.74) is 5.92. The van der Waals surface area contributed by atoms with Crippen LogP contribution in [0.1, 0.15) is 36.6 Å². The minimum absolute atomic E-state index is 0.232. The molecule has 1 aliphatic heterocycles. The van der Waals surface area contributed by atoms with Crippen molar-refractivity contribution in [3.05, 3.63) is 105 Å². The summed E-state index contributed by atoms with van der Waals surface area (Å²) < 4.78 is 17.9. The Balaban J connectivity index is 1.32. The minimum Gasteiger partial charge on any atom is -0.489 e. The normalized spacial score (nSPS) is 14.7. The smallest absolute Gasteiger partial charge is 0.338 e. The van der Waals surface area contributed by atoms with Gasteiger partial charge in [-0.25, -0.2) is 10.2 Å². The number of carbonyl (C=O) groups is 2. The van der Waals surface area contributed by atoms with E-state index in [1.54, 1.807) is 32.0 Å². The Morgan fingerprint density at radius 1 is 1.05 bits per heavy atom. The van der Waals surface area contributed by atoms with Crippen molar-refractivity contribution in [1.82, 2.24) is 16.1 Å². The summed E-state index contributed by atoms with van der Waals surface area (Å²) in [6.45, 7) is 3.90. The largest absolute Gasteiger partial charge is 0.489 e. The quantitative estimate of drug-likeness (QED) is 0.118. The molecule has 9 nitrogen and oxygen atoms in total. The zero-order valence-corrected chi connectivity index (χ0v) is 24.9. The fraction of sp³-hybridized carbons (Fsp3) is 0.200. The molecular formula is C30H29BrN4O5S. The molecule has 3 aromatic carbocycles. The first-order valence-corrected chi connectivity index (χ1v) is 14.0. The number of amides is 1. The fourth-order valence-corrected chi connectivity index (χ4v) is 4.54. The van der Waals surface area contributed by atoms with Gasteiger partial charge in [-0.3, -0.25) is 4.79 Å². The molecule has 0 unspecified atom stereocenters. The molecule has 11 heteroatoms. The summed E-state index contributed by atoms with van der Waals surface area (Å²) >= 11 is 8.73. The molecule has 1 heterocycles. The number of hydrogen-bond donors (Lipinski definition) is 3. The standard InChI is InChI=1S/C30H29BrN4O5S/c1-3-38-29(37)27-19(2)33-30(41)34-28(27)24-6-4-5-7-25(24)40-18-26(36)35-32-16-20-10-14-23(15-11-20)39-17-21-8-12-22(31)13-9-21/h4-16,28H,3,17-18H2,1-2H3,(H,35,36)(H2,33,34,41)/t28-/m0/s1. The lowest BCUT2D eigenvalue weighted by atomic mass is 9.95. The van der Waals surface area contributed by atoms with Crippen LogP contribution >= 0.6 is 28.1 Å². The van der Waals surface area contributed by atoms with E-state index in [0.717, 1.165) is 21.3 Å². The van der Waals surface area contributed by atoms with Crippen molar-refractivity contribution in [1.29, 1.82) is 0 Å². The predicted octanol–water partition coefficient (Wildman–Crippen LogP) is 4.91. The molecule has 1 amide bonds. The molecule has 0 radical (unpaired) electrons. The highest BCUT2D eigenvalue weighted by molar-refractivity contribution is 9.10. The summed E-state index contributed by atoms with van der Waals surface area (Å²) in [5.74, 6) is 0.226. The van der Waals surface area contributed by atoms with E-state index in [0.29, 0.717) is 34.3 Å². The summed E-state index contributed by atoms with van der Waals surface area (Å²) in [7, 11) is 0. The maximum Gasteiger partial charge on any atom is 0.338 e. The summed E-state index contributed by atoms with van der Waals surface area (Å²) in [6.07, 6.45) is 1.53. The molecule has 41 heavy (non-hydrogen) atoms. The molecule has 4 rings (SSSR count). The van der Waals surface area contributed by atoms with Gasteiger partial charge in [-0.15, -0.1) is 0 Å². The highest BCUT2D eigenvalue weighted by atomic mass is 79.9. The van der Waals surface area contributed by atoms with Gasteiger partial charge in [0.2, 0.25) is 0 Å². The molecule has 0 spiro atoms. The molecular weight excluding hydrogens is 608 g/mol. The number of benzene rings is 3. The van der Waals surface area contributed by atoms with Gasteiger partial charge in [-0.2, -0.15) is 5.10 Å². The van der Waals surface area contributed by atoms with Crippen molar-refractivity contribution in [3.8, 4) is 11.5 Å². The third-order valence-corrected chi connectivity index (χ3v) is 6.70. The Labute approximate surface area is 252 Å². The van der Waals surface area contributed by atoms with Crippen molar-refractivity contribution in [2.75, 3.05) is 13.2 Å². The molecule has 3 aromatic rings. The first-order valence-electron chi connectivity index (χ1n) is 12.8. The number of allylic oxidation sites excluding steroid dienone is 1. The van der Waals surface area contributed by atoms with E-state index in [2.05, 4.69) is 37.1 Å². The van der Waals surface area contributed by atoms with E-state index < -0.39 is 17.9 Å². The van der Waals surface area contributed by atoms with Crippen LogP contribution in [0, 0.1) is 0 Å². The van der Waals surface area contributed by atoms with E-state index in [-0.39, 0.29) is 13.2 Å². The van der Waals surface area contributed by atoms with E-state index in [9.17, 15) is 9.59 Å². The third kappa shape index (κ3) is 8.38. The van der Waals surface area contributed by atoms with Gasteiger partial charge >= 0.3 is 5.97 Å². The monoisotopic (exact) mass is 636 g/mol. The number of hydrazone groups is 1. The van der Waals surface area contributed by atoms with Gasteiger partial charge in [0.1, 0.15) is 18.1 Å². The van der Waals surface area contributed by atoms with Gasteiger partial charge in [-0.1, -0.05) is 46.3 Å². The van der Waals surface area contributed by atoms with Crippen LogP contribution in [-0.4, -0.2) is 36.4 Å². The number of thiocarbonyl (C=S) groups is 1. The molecule has 0 fully saturated rings. The number of ether oxygens (including phenoxy) is 3. The molecule has 1 aliphatic rings. The number of para-hydroxylation sites is 1. The maximum atomic E-state index is 12.7. The van der Waals surface area contributed by atoms with Crippen molar-refractivity contribution >= 4 is 51.4 Å². The summed E-state index contributed by atoms with van der Waals surface area (Å²) in [6, 6.07) is 21.8. The average molecular weight is 638 g/mol. The highest BCUT2D eigenvalue weighted by Gasteiger charge is 2.32. The Kier molecular flexibility index (Phi) is 10.5. The lowest BCUT2D eigenvalue weighted by molar-refractivity contribution is -0.139. The van der Waals surface area contributed by atoms with Crippen LogP contribution in [0.15, 0.2) is 93.6 Å². The second kappa shape index (κ2) is 14.4. The number of esters is 1. The summed E-state index contributed by atoms with van der Waals surface area (Å²) in [4.78, 5) is 25.1. The van der Waals surface area contributed by atoms with Crippen molar-refractivity contribution < 1.29 is 23.8 Å². The van der Waals surface area contributed by atoms with Crippen LogP contribution in [0.4, 0.5) is 0 Å². The Morgan fingerprint density at radius 2 is 1.78 bits per heavy atom. The number of rotatable bonds is 11. The molecule has 0 bridgehead atoms. The highest BCUT2D eigenvalue weighted by Crippen LogP contribution is 2.33. The van der Waals surface area contributed by atoms with Gasteiger partial charge in [0.15, 0.2) is 11.7 Å². The number of nitrogens with zero attached hydrogens (tertiary/aromatic N) is 1. The molecule has 212 valence electrons. The molecule has 0 aliphatic carbocycles. The Morgan fingerprint density at radius 3 is 2.51 bits per heavy atom. The molecule has 0 saturated carbocycles. The summed E-state index contributed by atoms with van der Waals surface area (Å²) in [5, 5.41) is 10.4. The van der Waals surface area contributed by atoms with Gasteiger partial charge in [0.25, 0.3) is 5.91 Å². The number of hydrogen-bond acceptors (Lipinski definition) is 7. The van der Waals surface area contributed by atoms with Gasteiger partial charge in [0.05, 0.1) is 24.4 Å².